The molecule has 4 nitrogen and oxygen atoms in total. The molecule has 18 heavy (non-hydrogen) atoms. The SMILES string of the molecule is CNc1ccc(C(=O)N(C)C(C)C(C)(C)C)cn1. The van der Waals surface area contributed by atoms with Crippen molar-refractivity contribution in [3.63, 3.8) is 0 Å². The molecule has 1 N–H and O–H groups in total. The molecule has 4 heteroatoms. The molecule has 1 rings (SSSR count). The van der Waals surface area contributed by atoms with Crippen LogP contribution in [0.15, 0.2) is 18.3 Å². The zero-order chi connectivity index (χ0) is 13.9. The average Bonchev–Trinajstić information content (AvgIpc) is 2.35. The molecular formula is C14H23N3O. The summed E-state index contributed by atoms with van der Waals surface area (Å²) in [5, 5.41) is 2.93. The van der Waals surface area contributed by atoms with Crippen molar-refractivity contribution in [1.29, 1.82) is 0 Å². The maximum absolute atomic E-state index is 12.3. The van der Waals surface area contributed by atoms with Gasteiger partial charge in [0.1, 0.15) is 5.82 Å². The van der Waals surface area contributed by atoms with E-state index >= 15 is 0 Å². The third kappa shape index (κ3) is 3.22. The zero-order valence-corrected chi connectivity index (χ0v) is 12.1. The topological polar surface area (TPSA) is 45.2 Å². The minimum Gasteiger partial charge on any atom is -0.373 e. The van der Waals surface area contributed by atoms with E-state index < -0.39 is 0 Å². The van der Waals surface area contributed by atoms with Crippen molar-refractivity contribution in [2.24, 2.45) is 5.41 Å². The number of carbonyl (C=O) groups excluding carboxylic acids is 1. The van der Waals surface area contributed by atoms with Gasteiger partial charge in [-0.2, -0.15) is 0 Å². The highest BCUT2D eigenvalue weighted by Gasteiger charge is 2.27. The van der Waals surface area contributed by atoms with Crippen molar-refractivity contribution in [3.8, 4) is 0 Å². The summed E-state index contributed by atoms with van der Waals surface area (Å²) in [6.45, 7) is 8.45. The van der Waals surface area contributed by atoms with E-state index in [1.807, 2.05) is 13.1 Å². The molecule has 0 aliphatic heterocycles. The number of hydrogen-bond acceptors (Lipinski definition) is 3. The van der Waals surface area contributed by atoms with Gasteiger partial charge in [0.15, 0.2) is 0 Å². The normalized spacial score (nSPS) is 13.0. The molecule has 0 aliphatic rings. The van der Waals surface area contributed by atoms with E-state index in [9.17, 15) is 4.79 Å². The molecule has 0 fully saturated rings. The van der Waals surface area contributed by atoms with Crippen LogP contribution in [0.4, 0.5) is 5.82 Å². The van der Waals surface area contributed by atoms with Crippen LogP contribution in [0.5, 0.6) is 0 Å². The third-order valence-corrected chi connectivity index (χ3v) is 3.42. The van der Waals surface area contributed by atoms with Gasteiger partial charge in [-0.25, -0.2) is 4.98 Å². The van der Waals surface area contributed by atoms with Crippen LogP contribution in [0.2, 0.25) is 0 Å². The van der Waals surface area contributed by atoms with Gasteiger partial charge in [0, 0.05) is 26.3 Å². The van der Waals surface area contributed by atoms with Crippen LogP contribution in [0.1, 0.15) is 38.1 Å². The van der Waals surface area contributed by atoms with Crippen LogP contribution in [-0.4, -0.2) is 35.9 Å². The number of pyridine rings is 1. The molecule has 0 radical (unpaired) electrons. The molecule has 0 bridgehead atoms. The lowest BCUT2D eigenvalue weighted by Crippen LogP contribution is -2.43. The summed E-state index contributed by atoms with van der Waals surface area (Å²) in [5.74, 6) is 0.769. The van der Waals surface area contributed by atoms with Crippen molar-refractivity contribution >= 4 is 11.7 Å². The molecule has 0 spiro atoms. The van der Waals surface area contributed by atoms with E-state index in [1.165, 1.54) is 0 Å². The zero-order valence-electron chi connectivity index (χ0n) is 12.1. The minimum absolute atomic E-state index is 0.00702. The predicted molar refractivity (Wildman–Crippen MR) is 74.8 cm³/mol. The van der Waals surface area contributed by atoms with Crippen molar-refractivity contribution in [3.05, 3.63) is 23.9 Å². The van der Waals surface area contributed by atoms with Gasteiger partial charge in [-0.3, -0.25) is 4.79 Å². The Kier molecular flexibility index (Phi) is 4.33. The molecule has 1 aromatic heterocycles. The van der Waals surface area contributed by atoms with E-state index in [4.69, 9.17) is 0 Å². The summed E-state index contributed by atoms with van der Waals surface area (Å²) in [7, 11) is 3.64. The molecular weight excluding hydrogens is 226 g/mol. The lowest BCUT2D eigenvalue weighted by molar-refractivity contribution is 0.0629. The highest BCUT2D eigenvalue weighted by molar-refractivity contribution is 5.94. The third-order valence-electron chi connectivity index (χ3n) is 3.42. The van der Waals surface area contributed by atoms with Gasteiger partial charge in [0.2, 0.25) is 0 Å². The molecule has 1 unspecified atom stereocenters. The molecule has 100 valence electrons. The van der Waals surface area contributed by atoms with Crippen LogP contribution < -0.4 is 5.32 Å². The van der Waals surface area contributed by atoms with E-state index in [0.717, 1.165) is 5.82 Å². The first kappa shape index (κ1) is 14.5. The van der Waals surface area contributed by atoms with E-state index in [0.29, 0.717) is 5.56 Å². The molecule has 1 atom stereocenters. The van der Waals surface area contributed by atoms with E-state index in [-0.39, 0.29) is 17.4 Å². The van der Waals surface area contributed by atoms with Gasteiger partial charge in [0.25, 0.3) is 5.91 Å². The Bertz CT molecular complexity index is 406. The largest absolute Gasteiger partial charge is 0.373 e. The maximum atomic E-state index is 12.3. The predicted octanol–water partition coefficient (Wildman–Crippen LogP) is 2.63. The summed E-state index contributed by atoms with van der Waals surface area (Å²) in [5.41, 5.74) is 0.676. The Morgan fingerprint density at radius 2 is 2.00 bits per heavy atom. The minimum atomic E-state index is 0.00702. The highest BCUT2D eigenvalue weighted by Crippen LogP contribution is 2.24. The first-order valence-electron chi connectivity index (χ1n) is 6.18. The molecule has 1 aromatic rings. The van der Waals surface area contributed by atoms with Gasteiger partial charge in [0.05, 0.1) is 5.56 Å². The van der Waals surface area contributed by atoms with Crippen molar-refractivity contribution in [2.45, 2.75) is 33.7 Å². The Balaban J connectivity index is 2.86. The van der Waals surface area contributed by atoms with Gasteiger partial charge >= 0.3 is 0 Å². The lowest BCUT2D eigenvalue weighted by Gasteiger charge is -2.35. The Hall–Kier alpha value is -1.58. The molecule has 0 saturated carbocycles. The fourth-order valence-corrected chi connectivity index (χ4v) is 1.63. The van der Waals surface area contributed by atoms with E-state index in [2.05, 4.69) is 38.0 Å². The van der Waals surface area contributed by atoms with Gasteiger partial charge in [-0.05, 0) is 24.5 Å². The maximum Gasteiger partial charge on any atom is 0.255 e. The number of nitrogens with one attached hydrogen (secondary N) is 1. The summed E-state index contributed by atoms with van der Waals surface area (Å²) < 4.78 is 0. The van der Waals surface area contributed by atoms with Gasteiger partial charge in [-0.1, -0.05) is 20.8 Å². The Morgan fingerprint density at radius 3 is 2.39 bits per heavy atom. The summed E-state index contributed by atoms with van der Waals surface area (Å²) in [4.78, 5) is 18.2. The average molecular weight is 249 g/mol. The number of anilines is 1. The van der Waals surface area contributed by atoms with Gasteiger partial charge < -0.3 is 10.2 Å². The monoisotopic (exact) mass is 249 g/mol. The molecule has 1 heterocycles. The van der Waals surface area contributed by atoms with Gasteiger partial charge in [-0.15, -0.1) is 0 Å². The fraction of sp³-hybridized carbons (Fsp3) is 0.571. The number of nitrogens with zero attached hydrogens (tertiary/aromatic N) is 2. The van der Waals surface area contributed by atoms with Crippen molar-refractivity contribution in [2.75, 3.05) is 19.4 Å². The quantitative estimate of drug-likeness (QED) is 0.895. The number of rotatable bonds is 3. The van der Waals surface area contributed by atoms with E-state index in [1.54, 1.807) is 24.2 Å². The molecule has 0 aromatic carbocycles. The Morgan fingerprint density at radius 1 is 1.39 bits per heavy atom. The number of carbonyl (C=O) groups is 1. The van der Waals surface area contributed by atoms with Crippen molar-refractivity contribution < 1.29 is 4.79 Å². The highest BCUT2D eigenvalue weighted by atomic mass is 16.2. The lowest BCUT2D eigenvalue weighted by atomic mass is 9.87. The first-order valence-corrected chi connectivity index (χ1v) is 6.18. The molecule has 1 amide bonds. The standard InChI is InChI=1S/C14H23N3O/c1-10(14(2,3)4)17(6)13(18)11-7-8-12(15-5)16-9-11/h7-10H,1-6H3,(H,15,16). The second-order valence-electron chi connectivity index (χ2n) is 5.64. The van der Waals surface area contributed by atoms with Crippen LogP contribution >= 0.6 is 0 Å². The van der Waals surface area contributed by atoms with Crippen molar-refractivity contribution in [1.82, 2.24) is 9.88 Å². The summed E-state index contributed by atoms with van der Waals surface area (Å²) in [6.07, 6.45) is 1.61. The number of aromatic nitrogens is 1. The van der Waals surface area contributed by atoms with Crippen LogP contribution in [-0.2, 0) is 0 Å². The number of amides is 1. The summed E-state index contributed by atoms with van der Waals surface area (Å²) in [6, 6.07) is 3.77. The first-order chi connectivity index (χ1) is 8.27. The fourth-order valence-electron chi connectivity index (χ4n) is 1.63. The smallest absolute Gasteiger partial charge is 0.255 e. The number of hydrogen-bond donors (Lipinski definition) is 1. The second kappa shape index (κ2) is 5.38. The Labute approximate surface area is 109 Å². The van der Waals surface area contributed by atoms with Crippen LogP contribution in [0.25, 0.3) is 0 Å². The summed E-state index contributed by atoms with van der Waals surface area (Å²) >= 11 is 0. The van der Waals surface area contributed by atoms with Crippen LogP contribution in [0.3, 0.4) is 0 Å². The molecule has 0 saturated heterocycles. The second-order valence-corrected chi connectivity index (χ2v) is 5.64. The van der Waals surface area contributed by atoms with Crippen LogP contribution in [0, 0.1) is 5.41 Å². The molecule has 0 aliphatic carbocycles.